The highest BCUT2D eigenvalue weighted by atomic mass is 32.1. The van der Waals surface area contributed by atoms with Crippen molar-refractivity contribution < 1.29 is 4.79 Å². The molecule has 0 atom stereocenters. The van der Waals surface area contributed by atoms with Gasteiger partial charge in [-0.3, -0.25) is 4.79 Å². The van der Waals surface area contributed by atoms with Crippen LogP contribution in [0.5, 0.6) is 0 Å². The molecule has 90 valence electrons. The first-order chi connectivity index (χ1) is 8.08. The molecular weight excluding hydrogens is 232 g/mol. The van der Waals surface area contributed by atoms with Crippen molar-refractivity contribution in [2.75, 3.05) is 0 Å². The number of aromatic nitrogens is 1. The van der Waals surface area contributed by atoms with Gasteiger partial charge in [0.1, 0.15) is 0 Å². The maximum atomic E-state index is 11.8. The van der Waals surface area contributed by atoms with Crippen LogP contribution in [0.25, 0.3) is 0 Å². The smallest absolute Gasteiger partial charge is 0.261 e. The second-order valence-corrected chi connectivity index (χ2v) is 5.41. The number of carbonyl (C=O) groups excluding carboxylic acids is 1. The van der Waals surface area contributed by atoms with Crippen molar-refractivity contribution in [2.45, 2.75) is 20.4 Å². The van der Waals surface area contributed by atoms with E-state index in [1.807, 2.05) is 39.1 Å². The fourth-order valence-corrected chi connectivity index (χ4v) is 2.44. The maximum Gasteiger partial charge on any atom is 0.261 e. The number of amides is 1. The van der Waals surface area contributed by atoms with Crippen LogP contribution in [-0.2, 0) is 13.6 Å². The minimum absolute atomic E-state index is 0.00181. The Kier molecular flexibility index (Phi) is 3.33. The molecule has 3 nitrogen and oxygen atoms in total. The van der Waals surface area contributed by atoms with Crippen LogP contribution >= 0.6 is 11.3 Å². The molecule has 0 bridgehead atoms. The molecule has 0 aliphatic heterocycles. The SMILES string of the molecule is Cc1ccc(C(=O)NCc2ccc(C)n2C)s1. The lowest BCUT2D eigenvalue weighted by Gasteiger charge is -2.06. The Balaban J connectivity index is 1.99. The molecule has 1 N–H and O–H groups in total. The van der Waals surface area contributed by atoms with E-state index in [2.05, 4.69) is 16.0 Å². The molecule has 0 radical (unpaired) electrons. The fourth-order valence-electron chi connectivity index (χ4n) is 1.66. The number of carbonyl (C=O) groups is 1. The third kappa shape index (κ3) is 2.58. The lowest BCUT2D eigenvalue weighted by molar-refractivity contribution is 0.0954. The predicted octanol–water partition coefficient (Wildman–Crippen LogP) is 2.63. The first kappa shape index (κ1) is 11.9. The third-order valence-electron chi connectivity index (χ3n) is 2.87. The summed E-state index contributed by atoms with van der Waals surface area (Å²) in [5, 5.41) is 2.93. The maximum absolute atomic E-state index is 11.8. The molecule has 0 aliphatic rings. The standard InChI is InChI=1S/C13H16N2OS/c1-9-4-6-11(15(9)3)8-14-13(16)12-7-5-10(2)17-12/h4-7H,8H2,1-3H3,(H,14,16). The van der Waals surface area contributed by atoms with Crippen molar-refractivity contribution in [3.05, 3.63) is 45.4 Å². The Morgan fingerprint density at radius 2 is 2.06 bits per heavy atom. The summed E-state index contributed by atoms with van der Waals surface area (Å²) in [6, 6.07) is 7.92. The third-order valence-corrected chi connectivity index (χ3v) is 3.87. The number of hydrogen-bond donors (Lipinski definition) is 1. The van der Waals surface area contributed by atoms with Gasteiger partial charge < -0.3 is 9.88 Å². The van der Waals surface area contributed by atoms with Crippen LogP contribution in [0.15, 0.2) is 24.3 Å². The summed E-state index contributed by atoms with van der Waals surface area (Å²) in [4.78, 5) is 13.8. The molecule has 17 heavy (non-hydrogen) atoms. The second kappa shape index (κ2) is 4.75. The molecule has 2 rings (SSSR count). The number of thiophene rings is 1. The molecule has 0 aromatic carbocycles. The molecular formula is C13H16N2OS. The molecule has 0 spiro atoms. The highest BCUT2D eigenvalue weighted by Gasteiger charge is 2.08. The van der Waals surface area contributed by atoms with Gasteiger partial charge in [0.15, 0.2) is 0 Å². The Morgan fingerprint density at radius 1 is 1.29 bits per heavy atom. The molecule has 0 saturated heterocycles. The van der Waals surface area contributed by atoms with Gasteiger partial charge >= 0.3 is 0 Å². The second-order valence-electron chi connectivity index (χ2n) is 4.12. The van der Waals surface area contributed by atoms with Crippen LogP contribution in [0.4, 0.5) is 0 Å². The molecule has 2 aromatic rings. The zero-order chi connectivity index (χ0) is 12.4. The predicted molar refractivity (Wildman–Crippen MR) is 70.4 cm³/mol. The number of hydrogen-bond acceptors (Lipinski definition) is 2. The van der Waals surface area contributed by atoms with E-state index >= 15 is 0 Å². The molecule has 0 saturated carbocycles. The van der Waals surface area contributed by atoms with Gasteiger partial charge in [0, 0.05) is 23.3 Å². The van der Waals surface area contributed by atoms with E-state index in [9.17, 15) is 4.79 Å². The Bertz CT molecular complexity index is 539. The number of nitrogens with zero attached hydrogens (tertiary/aromatic N) is 1. The summed E-state index contributed by atoms with van der Waals surface area (Å²) in [6.07, 6.45) is 0. The lowest BCUT2D eigenvalue weighted by Crippen LogP contribution is -2.23. The van der Waals surface area contributed by atoms with Crippen LogP contribution < -0.4 is 5.32 Å². The van der Waals surface area contributed by atoms with Gasteiger partial charge in [0.05, 0.1) is 11.4 Å². The van der Waals surface area contributed by atoms with E-state index in [4.69, 9.17) is 0 Å². The lowest BCUT2D eigenvalue weighted by atomic mass is 10.4. The monoisotopic (exact) mass is 248 g/mol. The van der Waals surface area contributed by atoms with Crippen LogP contribution in [-0.4, -0.2) is 10.5 Å². The minimum atomic E-state index is 0.00181. The Labute approximate surface area is 105 Å². The zero-order valence-electron chi connectivity index (χ0n) is 10.3. The normalized spacial score (nSPS) is 10.5. The van der Waals surface area contributed by atoms with Gasteiger partial charge in [-0.15, -0.1) is 11.3 Å². The van der Waals surface area contributed by atoms with Crippen molar-refractivity contribution in [1.82, 2.24) is 9.88 Å². The number of nitrogens with one attached hydrogen (secondary N) is 1. The van der Waals surface area contributed by atoms with Gasteiger partial charge in [-0.2, -0.15) is 0 Å². The molecule has 2 heterocycles. The molecule has 0 fully saturated rings. The van der Waals surface area contributed by atoms with Crippen molar-refractivity contribution in [2.24, 2.45) is 7.05 Å². The fraction of sp³-hybridized carbons (Fsp3) is 0.308. The van der Waals surface area contributed by atoms with Gasteiger partial charge in [0.2, 0.25) is 0 Å². The highest BCUT2D eigenvalue weighted by molar-refractivity contribution is 7.13. The van der Waals surface area contributed by atoms with Crippen LogP contribution in [0.3, 0.4) is 0 Å². The van der Waals surface area contributed by atoms with E-state index in [1.54, 1.807) is 0 Å². The summed E-state index contributed by atoms with van der Waals surface area (Å²) in [5.74, 6) is 0.00181. The number of aryl methyl sites for hydroxylation is 2. The molecule has 0 aliphatic carbocycles. The summed E-state index contributed by atoms with van der Waals surface area (Å²) in [7, 11) is 2.01. The summed E-state index contributed by atoms with van der Waals surface area (Å²) in [5.41, 5.74) is 2.31. The average molecular weight is 248 g/mol. The summed E-state index contributed by atoms with van der Waals surface area (Å²) in [6.45, 7) is 4.62. The first-order valence-electron chi connectivity index (χ1n) is 5.54. The van der Waals surface area contributed by atoms with Gasteiger partial charge in [-0.1, -0.05) is 0 Å². The Hall–Kier alpha value is -1.55. The molecule has 0 unspecified atom stereocenters. The van der Waals surface area contributed by atoms with E-state index in [-0.39, 0.29) is 5.91 Å². The summed E-state index contributed by atoms with van der Waals surface area (Å²) >= 11 is 1.52. The van der Waals surface area contributed by atoms with Crippen molar-refractivity contribution >= 4 is 17.2 Å². The topological polar surface area (TPSA) is 34.0 Å². The zero-order valence-corrected chi connectivity index (χ0v) is 11.1. The van der Waals surface area contributed by atoms with Crippen molar-refractivity contribution in [3.63, 3.8) is 0 Å². The van der Waals surface area contributed by atoms with Crippen molar-refractivity contribution in [3.8, 4) is 0 Å². The van der Waals surface area contributed by atoms with Crippen molar-refractivity contribution in [1.29, 1.82) is 0 Å². The molecule has 2 aromatic heterocycles. The van der Waals surface area contributed by atoms with Crippen LogP contribution in [0.2, 0.25) is 0 Å². The average Bonchev–Trinajstić information content (AvgIpc) is 2.86. The van der Waals surface area contributed by atoms with E-state index in [0.717, 1.165) is 15.4 Å². The number of rotatable bonds is 3. The van der Waals surface area contributed by atoms with Gasteiger partial charge in [0.25, 0.3) is 5.91 Å². The largest absolute Gasteiger partial charge is 0.350 e. The van der Waals surface area contributed by atoms with E-state index in [0.29, 0.717) is 6.54 Å². The first-order valence-corrected chi connectivity index (χ1v) is 6.35. The highest BCUT2D eigenvalue weighted by Crippen LogP contribution is 2.15. The van der Waals surface area contributed by atoms with Gasteiger partial charge in [-0.05, 0) is 38.1 Å². The quantitative estimate of drug-likeness (QED) is 0.890. The molecule has 1 amide bonds. The van der Waals surface area contributed by atoms with E-state index < -0.39 is 0 Å². The van der Waals surface area contributed by atoms with E-state index in [1.165, 1.54) is 17.0 Å². The van der Waals surface area contributed by atoms with Crippen LogP contribution in [0.1, 0.15) is 25.9 Å². The van der Waals surface area contributed by atoms with Gasteiger partial charge in [-0.25, -0.2) is 0 Å². The molecule has 4 heteroatoms. The Morgan fingerprint density at radius 3 is 2.59 bits per heavy atom. The minimum Gasteiger partial charge on any atom is -0.350 e. The van der Waals surface area contributed by atoms with Crippen LogP contribution in [0, 0.1) is 13.8 Å². The summed E-state index contributed by atoms with van der Waals surface area (Å²) < 4.78 is 2.08.